The van der Waals surface area contributed by atoms with Crippen LogP contribution < -0.4 is 5.32 Å². The number of rotatable bonds is 9. The highest BCUT2D eigenvalue weighted by Crippen LogP contribution is 2.20. The second kappa shape index (κ2) is 9.92. The minimum absolute atomic E-state index is 0.128. The summed E-state index contributed by atoms with van der Waals surface area (Å²) in [4.78, 5) is 24.6. The number of carbonyl (C=O) groups excluding carboxylic acids is 2. The van der Waals surface area contributed by atoms with Crippen molar-refractivity contribution in [3.05, 3.63) is 60.2 Å². The summed E-state index contributed by atoms with van der Waals surface area (Å²) >= 11 is 1.28. The molecule has 0 radical (unpaired) electrons. The van der Waals surface area contributed by atoms with Crippen molar-refractivity contribution in [2.75, 3.05) is 17.7 Å². The van der Waals surface area contributed by atoms with Crippen molar-refractivity contribution in [1.29, 1.82) is 0 Å². The highest BCUT2D eigenvalue weighted by molar-refractivity contribution is 7.99. The first-order chi connectivity index (χ1) is 14.1. The molecular weight excluding hydrogens is 390 g/mol. The Labute approximate surface area is 173 Å². The standard InChI is InChI=1S/C20H23N5O3S/c1-3-9-17-22-23-20(25(17)24-12-7-8-13-24)29-14-18(26)21-16-11-6-5-10-15(16)19(27)28-4-2/h5-8,10-13H,3-4,9,14H2,1-2H3,(H,21,26). The van der Waals surface area contributed by atoms with Crippen molar-refractivity contribution in [2.45, 2.75) is 31.8 Å². The Morgan fingerprint density at radius 2 is 1.86 bits per heavy atom. The normalized spacial score (nSPS) is 10.7. The lowest BCUT2D eigenvalue weighted by Crippen LogP contribution is -2.18. The third-order valence-electron chi connectivity index (χ3n) is 4.00. The van der Waals surface area contributed by atoms with E-state index in [1.54, 1.807) is 31.2 Å². The third-order valence-corrected chi connectivity index (χ3v) is 4.92. The second-order valence-electron chi connectivity index (χ2n) is 6.13. The number of esters is 1. The Morgan fingerprint density at radius 1 is 1.10 bits per heavy atom. The van der Waals surface area contributed by atoms with Crippen molar-refractivity contribution in [1.82, 2.24) is 19.5 Å². The Morgan fingerprint density at radius 3 is 2.59 bits per heavy atom. The zero-order valence-electron chi connectivity index (χ0n) is 16.4. The molecule has 0 spiro atoms. The van der Waals surface area contributed by atoms with Crippen LogP contribution in [0.5, 0.6) is 0 Å². The van der Waals surface area contributed by atoms with Crippen LogP contribution in [0.2, 0.25) is 0 Å². The molecule has 0 unspecified atom stereocenters. The van der Waals surface area contributed by atoms with Crippen molar-refractivity contribution in [3.63, 3.8) is 0 Å². The van der Waals surface area contributed by atoms with Gasteiger partial charge in [-0.2, -0.15) is 0 Å². The van der Waals surface area contributed by atoms with Gasteiger partial charge < -0.3 is 10.1 Å². The fraction of sp³-hybridized carbons (Fsp3) is 0.300. The maximum absolute atomic E-state index is 12.5. The van der Waals surface area contributed by atoms with E-state index in [4.69, 9.17) is 4.74 Å². The van der Waals surface area contributed by atoms with E-state index in [0.29, 0.717) is 16.4 Å². The van der Waals surface area contributed by atoms with Gasteiger partial charge in [0, 0.05) is 18.8 Å². The number of para-hydroxylation sites is 1. The predicted molar refractivity (Wildman–Crippen MR) is 111 cm³/mol. The fourth-order valence-electron chi connectivity index (χ4n) is 2.75. The molecule has 1 N–H and O–H groups in total. The molecule has 0 fully saturated rings. The minimum atomic E-state index is -0.465. The number of nitrogens with zero attached hydrogens (tertiary/aromatic N) is 4. The Bertz CT molecular complexity index is 968. The summed E-state index contributed by atoms with van der Waals surface area (Å²) in [7, 11) is 0. The summed E-state index contributed by atoms with van der Waals surface area (Å²) in [5.74, 6) is 0.251. The van der Waals surface area contributed by atoms with Gasteiger partial charge in [-0.15, -0.1) is 10.2 Å². The molecule has 0 aliphatic rings. The number of nitrogens with one attached hydrogen (secondary N) is 1. The molecule has 0 aliphatic carbocycles. The average Bonchev–Trinajstić information content (AvgIpc) is 3.37. The lowest BCUT2D eigenvalue weighted by atomic mass is 10.2. The number of ether oxygens (including phenoxy) is 1. The first-order valence-electron chi connectivity index (χ1n) is 9.40. The summed E-state index contributed by atoms with van der Waals surface area (Å²) in [6.07, 6.45) is 5.53. The van der Waals surface area contributed by atoms with E-state index in [1.807, 2.05) is 33.9 Å². The van der Waals surface area contributed by atoms with Crippen LogP contribution in [0.25, 0.3) is 0 Å². The van der Waals surface area contributed by atoms with Crippen LogP contribution in [0.1, 0.15) is 36.5 Å². The van der Waals surface area contributed by atoms with E-state index < -0.39 is 5.97 Å². The van der Waals surface area contributed by atoms with Crippen LogP contribution in [-0.2, 0) is 16.0 Å². The highest BCUT2D eigenvalue weighted by atomic mass is 32.2. The molecule has 9 heteroatoms. The predicted octanol–water partition coefficient (Wildman–Crippen LogP) is 3.25. The molecule has 3 rings (SSSR count). The number of anilines is 1. The highest BCUT2D eigenvalue weighted by Gasteiger charge is 2.17. The Balaban J connectivity index is 1.70. The number of benzene rings is 1. The number of hydrogen-bond acceptors (Lipinski definition) is 6. The van der Waals surface area contributed by atoms with Gasteiger partial charge in [0.05, 0.1) is 23.6 Å². The van der Waals surface area contributed by atoms with E-state index in [2.05, 4.69) is 22.4 Å². The summed E-state index contributed by atoms with van der Waals surface area (Å²) in [5, 5.41) is 11.9. The van der Waals surface area contributed by atoms with Crippen LogP contribution in [0.4, 0.5) is 5.69 Å². The largest absolute Gasteiger partial charge is 0.462 e. The number of aromatic nitrogens is 4. The smallest absolute Gasteiger partial charge is 0.340 e. The molecule has 0 saturated carbocycles. The van der Waals surface area contributed by atoms with Gasteiger partial charge in [-0.3, -0.25) is 9.47 Å². The first kappa shape index (κ1) is 20.7. The summed E-state index contributed by atoms with van der Waals surface area (Å²) in [6, 6.07) is 10.6. The van der Waals surface area contributed by atoms with Crippen molar-refractivity contribution in [3.8, 4) is 0 Å². The summed E-state index contributed by atoms with van der Waals surface area (Å²) in [5.41, 5.74) is 0.753. The van der Waals surface area contributed by atoms with E-state index in [0.717, 1.165) is 18.7 Å². The topological polar surface area (TPSA) is 91.0 Å². The number of amides is 1. The molecule has 0 bridgehead atoms. The molecule has 3 aromatic rings. The van der Waals surface area contributed by atoms with Crippen LogP contribution in [0.15, 0.2) is 53.9 Å². The van der Waals surface area contributed by atoms with E-state index in [1.165, 1.54) is 11.8 Å². The van der Waals surface area contributed by atoms with Gasteiger partial charge in [0.1, 0.15) is 0 Å². The lowest BCUT2D eigenvalue weighted by molar-refractivity contribution is -0.113. The van der Waals surface area contributed by atoms with Gasteiger partial charge >= 0.3 is 5.97 Å². The first-order valence-corrected chi connectivity index (χ1v) is 10.4. The molecule has 8 nitrogen and oxygen atoms in total. The van der Waals surface area contributed by atoms with E-state index in [9.17, 15) is 9.59 Å². The molecule has 29 heavy (non-hydrogen) atoms. The molecule has 1 aromatic carbocycles. The maximum atomic E-state index is 12.5. The second-order valence-corrected chi connectivity index (χ2v) is 7.07. The molecular formula is C20H23N5O3S. The number of carbonyl (C=O) groups is 2. The number of hydrogen-bond donors (Lipinski definition) is 1. The van der Waals surface area contributed by atoms with Crippen LogP contribution in [0.3, 0.4) is 0 Å². The van der Waals surface area contributed by atoms with Gasteiger partial charge in [-0.25, -0.2) is 9.47 Å². The molecule has 2 aromatic heterocycles. The third kappa shape index (κ3) is 5.05. The SMILES string of the molecule is CCCc1nnc(SCC(=O)Nc2ccccc2C(=O)OCC)n1-n1cccc1. The summed E-state index contributed by atoms with van der Waals surface area (Å²) in [6.45, 7) is 4.09. The van der Waals surface area contributed by atoms with Crippen LogP contribution in [0, 0.1) is 0 Å². The zero-order chi connectivity index (χ0) is 20.6. The van der Waals surface area contributed by atoms with Gasteiger partial charge in [-0.05, 0) is 37.6 Å². The number of aryl methyl sites for hydroxylation is 1. The lowest BCUT2D eigenvalue weighted by Gasteiger charge is -2.12. The summed E-state index contributed by atoms with van der Waals surface area (Å²) < 4.78 is 8.83. The van der Waals surface area contributed by atoms with E-state index in [-0.39, 0.29) is 18.3 Å². The van der Waals surface area contributed by atoms with E-state index >= 15 is 0 Å². The van der Waals surface area contributed by atoms with Gasteiger partial charge in [-0.1, -0.05) is 30.8 Å². The van der Waals surface area contributed by atoms with Crippen molar-refractivity contribution < 1.29 is 14.3 Å². The minimum Gasteiger partial charge on any atom is -0.462 e. The quantitative estimate of drug-likeness (QED) is 0.428. The molecule has 1 amide bonds. The van der Waals surface area contributed by atoms with Crippen LogP contribution >= 0.6 is 11.8 Å². The van der Waals surface area contributed by atoms with Crippen LogP contribution in [-0.4, -0.2) is 43.8 Å². The van der Waals surface area contributed by atoms with Gasteiger partial charge in [0.15, 0.2) is 5.82 Å². The Hall–Kier alpha value is -3.07. The molecule has 0 aliphatic heterocycles. The zero-order valence-corrected chi connectivity index (χ0v) is 17.2. The van der Waals surface area contributed by atoms with Gasteiger partial charge in [0.25, 0.3) is 0 Å². The molecule has 0 atom stereocenters. The molecule has 0 saturated heterocycles. The van der Waals surface area contributed by atoms with Gasteiger partial charge in [0.2, 0.25) is 11.1 Å². The monoisotopic (exact) mass is 413 g/mol. The molecule has 152 valence electrons. The van der Waals surface area contributed by atoms with Crippen molar-refractivity contribution >= 4 is 29.3 Å². The average molecular weight is 414 g/mol. The fourth-order valence-corrected chi connectivity index (χ4v) is 3.50. The maximum Gasteiger partial charge on any atom is 0.340 e. The van der Waals surface area contributed by atoms with Crippen molar-refractivity contribution in [2.24, 2.45) is 0 Å². The number of thioether (sulfide) groups is 1. The Kier molecular flexibility index (Phi) is 7.07. The molecule has 2 heterocycles.